The van der Waals surface area contributed by atoms with Crippen LogP contribution in [0.4, 0.5) is 5.95 Å². The zero-order chi connectivity index (χ0) is 10.7. The van der Waals surface area contributed by atoms with Gasteiger partial charge in [0.15, 0.2) is 0 Å². The molecule has 1 aromatic heterocycles. The Hall–Kier alpha value is -1.84. The van der Waals surface area contributed by atoms with Crippen molar-refractivity contribution in [2.45, 2.75) is 12.8 Å². The van der Waals surface area contributed by atoms with Gasteiger partial charge in [0.1, 0.15) is 5.82 Å². The zero-order valence-corrected chi connectivity index (χ0v) is 8.72. The summed E-state index contributed by atoms with van der Waals surface area (Å²) in [6.07, 6.45) is 1.83. The number of nitrogen functional groups attached to an aromatic ring is 1. The van der Waals surface area contributed by atoms with Gasteiger partial charge in [-0.15, -0.1) is 10.2 Å². The Labute approximate surface area is 88.8 Å². The summed E-state index contributed by atoms with van der Waals surface area (Å²) in [5.41, 5.74) is 6.90. The van der Waals surface area contributed by atoms with E-state index in [2.05, 4.69) is 22.3 Å². The summed E-state index contributed by atoms with van der Waals surface area (Å²) in [6.45, 7) is 0. The third-order valence-electron chi connectivity index (χ3n) is 2.48. The van der Waals surface area contributed by atoms with Gasteiger partial charge in [-0.05, 0) is 12.0 Å². The first kappa shape index (κ1) is 9.71. The molecule has 78 valence electrons. The van der Waals surface area contributed by atoms with Crippen LogP contribution < -0.4 is 5.73 Å². The Morgan fingerprint density at radius 2 is 1.87 bits per heavy atom. The molecule has 0 fully saturated rings. The summed E-state index contributed by atoms with van der Waals surface area (Å²) < 4.78 is 1.82. The summed E-state index contributed by atoms with van der Waals surface area (Å²) in [5, 5.41) is 7.84. The van der Waals surface area contributed by atoms with E-state index in [0.717, 1.165) is 18.7 Å². The lowest BCUT2D eigenvalue weighted by Crippen LogP contribution is -2.03. The van der Waals surface area contributed by atoms with Gasteiger partial charge in [-0.25, -0.2) is 0 Å². The average molecular weight is 202 g/mol. The molecule has 0 saturated heterocycles. The monoisotopic (exact) mass is 202 g/mol. The van der Waals surface area contributed by atoms with Crippen LogP contribution >= 0.6 is 0 Å². The Balaban J connectivity index is 2.02. The van der Waals surface area contributed by atoms with E-state index in [-0.39, 0.29) is 0 Å². The number of rotatable bonds is 3. The molecule has 4 nitrogen and oxygen atoms in total. The molecule has 0 spiro atoms. The van der Waals surface area contributed by atoms with Crippen molar-refractivity contribution in [3.05, 3.63) is 41.7 Å². The maximum Gasteiger partial charge on any atom is 0.221 e. The van der Waals surface area contributed by atoms with Crippen molar-refractivity contribution in [3.8, 4) is 0 Å². The van der Waals surface area contributed by atoms with E-state index in [9.17, 15) is 0 Å². The van der Waals surface area contributed by atoms with Gasteiger partial charge in [0.05, 0.1) is 0 Å². The fourth-order valence-corrected chi connectivity index (χ4v) is 1.49. The summed E-state index contributed by atoms with van der Waals surface area (Å²) in [4.78, 5) is 0. The van der Waals surface area contributed by atoms with E-state index in [1.807, 2.05) is 29.8 Å². The molecule has 0 radical (unpaired) electrons. The fraction of sp³-hybridized carbons (Fsp3) is 0.273. The molecule has 0 bridgehead atoms. The molecule has 0 amide bonds. The van der Waals surface area contributed by atoms with Gasteiger partial charge >= 0.3 is 0 Å². The molecule has 1 heterocycles. The van der Waals surface area contributed by atoms with Crippen LogP contribution in [-0.4, -0.2) is 14.8 Å². The topological polar surface area (TPSA) is 56.7 Å². The van der Waals surface area contributed by atoms with E-state index in [1.165, 1.54) is 5.56 Å². The van der Waals surface area contributed by atoms with Crippen LogP contribution in [0.5, 0.6) is 0 Å². The molecule has 2 rings (SSSR count). The maximum atomic E-state index is 5.60. The molecule has 0 saturated carbocycles. The number of nitrogens with two attached hydrogens (primary N) is 1. The largest absolute Gasteiger partial charge is 0.368 e. The maximum absolute atomic E-state index is 5.60. The molecular formula is C11H14N4. The predicted molar refractivity (Wildman–Crippen MR) is 59.3 cm³/mol. The third kappa shape index (κ3) is 2.15. The van der Waals surface area contributed by atoms with Crippen LogP contribution in [0.2, 0.25) is 0 Å². The van der Waals surface area contributed by atoms with Crippen LogP contribution in [0, 0.1) is 0 Å². The van der Waals surface area contributed by atoms with Crippen LogP contribution in [0.15, 0.2) is 30.3 Å². The SMILES string of the molecule is Cn1c(N)nnc1CCc1ccccc1. The average Bonchev–Trinajstić information content (AvgIpc) is 2.59. The Morgan fingerprint density at radius 1 is 1.13 bits per heavy atom. The lowest BCUT2D eigenvalue weighted by molar-refractivity contribution is 0.774. The van der Waals surface area contributed by atoms with Crippen molar-refractivity contribution in [1.29, 1.82) is 0 Å². The molecule has 1 aromatic carbocycles. The van der Waals surface area contributed by atoms with Crippen molar-refractivity contribution in [2.24, 2.45) is 7.05 Å². The number of anilines is 1. The lowest BCUT2D eigenvalue weighted by Gasteiger charge is -2.01. The second-order valence-corrected chi connectivity index (χ2v) is 3.52. The highest BCUT2D eigenvalue weighted by molar-refractivity contribution is 5.19. The standard InChI is InChI=1S/C11H14N4/c1-15-10(13-14-11(15)12)8-7-9-5-3-2-4-6-9/h2-6H,7-8H2,1H3,(H2,12,14). The van der Waals surface area contributed by atoms with Crippen molar-refractivity contribution < 1.29 is 0 Å². The molecule has 0 atom stereocenters. The number of hydrogen-bond acceptors (Lipinski definition) is 3. The Kier molecular flexibility index (Phi) is 2.67. The van der Waals surface area contributed by atoms with Crippen LogP contribution in [0.3, 0.4) is 0 Å². The quantitative estimate of drug-likeness (QED) is 0.813. The second kappa shape index (κ2) is 4.13. The van der Waals surface area contributed by atoms with E-state index in [0.29, 0.717) is 5.95 Å². The molecule has 4 heteroatoms. The van der Waals surface area contributed by atoms with Gasteiger partial charge in [-0.3, -0.25) is 0 Å². The van der Waals surface area contributed by atoms with Gasteiger partial charge in [-0.2, -0.15) is 0 Å². The van der Waals surface area contributed by atoms with E-state index in [4.69, 9.17) is 5.73 Å². The summed E-state index contributed by atoms with van der Waals surface area (Å²) >= 11 is 0. The first-order chi connectivity index (χ1) is 7.27. The predicted octanol–water partition coefficient (Wildman–Crippen LogP) is 1.18. The van der Waals surface area contributed by atoms with Crippen LogP contribution in [-0.2, 0) is 19.9 Å². The molecular weight excluding hydrogens is 188 g/mol. The lowest BCUT2D eigenvalue weighted by atomic mass is 10.1. The smallest absolute Gasteiger partial charge is 0.221 e. The summed E-state index contributed by atoms with van der Waals surface area (Å²) in [5.74, 6) is 1.40. The van der Waals surface area contributed by atoms with Crippen molar-refractivity contribution in [3.63, 3.8) is 0 Å². The highest BCUT2D eigenvalue weighted by Crippen LogP contribution is 2.06. The second-order valence-electron chi connectivity index (χ2n) is 3.52. The van der Waals surface area contributed by atoms with E-state index < -0.39 is 0 Å². The summed E-state index contributed by atoms with van der Waals surface area (Å²) in [7, 11) is 1.88. The zero-order valence-electron chi connectivity index (χ0n) is 8.72. The van der Waals surface area contributed by atoms with Crippen LogP contribution in [0.1, 0.15) is 11.4 Å². The van der Waals surface area contributed by atoms with E-state index in [1.54, 1.807) is 0 Å². The Morgan fingerprint density at radius 3 is 2.47 bits per heavy atom. The normalized spacial score (nSPS) is 10.5. The fourth-order valence-electron chi connectivity index (χ4n) is 1.49. The number of nitrogens with zero attached hydrogens (tertiary/aromatic N) is 3. The number of aromatic nitrogens is 3. The first-order valence-electron chi connectivity index (χ1n) is 4.95. The molecule has 0 aliphatic rings. The molecule has 0 unspecified atom stereocenters. The molecule has 15 heavy (non-hydrogen) atoms. The minimum absolute atomic E-state index is 0.470. The minimum atomic E-state index is 0.470. The van der Waals surface area contributed by atoms with Crippen molar-refractivity contribution in [2.75, 3.05) is 5.73 Å². The first-order valence-corrected chi connectivity index (χ1v) is 4.95. The molecule has 0 aliphatic heterocycles. The van der Waals surface area contributed by atoms with Crippen LogP contribution in [0.25, 0.3) is 0 Å². The number of benzene rings is 1. The van der Waals surface area contributed by atoms with E-state index >= 15 is 0 Å². The highest BCUT2D eigenvalue weighted by Gasteiger charge is 2.04. The Bertz CT molecular complexity index is 433. The number of aryl methyl sites for hydroxylation is 2. The third-order valence-corrected chi connectivity index (χ3v) is 2.48. The molecule has 0 aliphatic carbocycles. The van der Waals surface area contributed by atoms with Gasteiger partial charge < -0.3 is 10.3 Å². The molecule has 2 aromatic rings. The minimum Gasteiger partial charge on any atom is -0.368 e. The van der Waals surface area contributed by atoms with Gasteiger partial charge in [-0.1, -0.05) is 30.3 Å². The number of hydrogen-bond donors (Lipinski definition) is 1. The van der Waals surface area contributed by atoms with Gasteiger partial charge in [0.25, 0.3) is 0 Å². The van der Waals surface area contributed by atoms with Crippen molar-refractivity contribution >= 4 is 5.95 Å². The highest BCUT2D eigenvalue weighted by atomic mass is 15.3. The van der Waals surface area contributed by atoms with Crippen molar-refractivity contribution in [1.82, 2.24) is 14.8 Å². The molecule has 2 N–H and O–H groups in total. The van der Waals surface area contributed by atoms with Gasteiger partial charge in [0, 0.05) is 13.5 Å². The summed E-state index contributed by atoms with van der Waals surface area (Å²) in [6, 6.07) is 10.3. The van der Waals surface area contributed by atoms with Gasteiger partial charge in [0.2, 0.25) is 5.95 Å².